The third-order valence-electron chi connectivity index (χ3n) is 3.60. The fraction of sp³-hybridized carbons (Fsp3) is 0. The number of hydrogen-bond donors (Lipinski definition) is 1. The molecule has 3 heteroatoms. The molecule has 100 valence electrons. The molecule has 0 radical (unpaired) electrons. The Morgan fingerprint density at radius 3 is 2.48 bits per heavy atom. The fourth-order valence-corrected chi connectivity index (χ4v) is 2.63. The number of fused-ring (bicyclic) bond motifs is 1. The second kappa shape index (κ2) is 4.87. The molecule has 0 spiro atoms. The molecule has 2 heterocycles. The van der Waals surface area contributed by atoms with E-state index in [2.05, 4.69) is 33.2 Å². The van der Waals surface area contributed by atoms with Crippen LogP contribution in [0.1, 0.15) is 0 Å². The summed E-state index contributed by atoms with van der Waals surface area (Å²) in [4.78, 5) is 12.2. The Hall–Kier alpha value is -2.94. The number of hydrogen-bond acceptors (Lipinski definition) is 2. The van der Waals surface area contributed by atoms with Crippen molar-refractivity contribution in [3.05, 3.63) is 73.2 Å². The second-order valence-electron chi connectivity index (χ2n) is 4.87. The summed E-state index contributed by atoms with van der Waals surface area (Å²) in [6.45, 7) is 0. The molecule has 2 aromatic carbocycles. The molecule has 0 aliphatic heterocycles. The summed E-state index contributed by atoms with van der Waals surface area (Å²) in [5.74, 6) is 0. The van der Waals surface area contributed by atoms with E-state index in [0.717, 1.165) is 33.4 Å². The van der Waals surface area contributed by atoms with Gasteiger partial charge in [-0.05, 0) is 12.1 Å². The van der Waals surface area contributed by atoms with Gasteiger partial charge in [-0.15, -0.1) is 0 Å². The van der Waals surface area contributed by atoms with Crippen LogP contribution in [0.3, 0.4) is 0 Å². The Balaban J connectivity index is 1.97. The topological polar surface area (TPSA) is 41.6 Å². The number of nitrogens with one attached hydrogen (secondary N) is 1. The van der Waals surface area contributed by atoms with E-state index in [1.165, 1.54) is 0 Å². The molecular weight excluding hydrogens is 258 g/mol. The van der Waals surface area contributed by atoms with Gasteiger partial charge in [0, 0.05) is 22.7 Å². The molecular formula is C18H13N3. The summed E-state index contributed by atoms with van der Waals surface area (Å²) in [6.07, 6.45) is 3.58. The Morgan fingerprint density at radius 2 is 1.57 bits per heavy atom. The van der Waals surface area contributed by atoms with Crippen LogP contribution < -0.4 is 0 Å². The minimum atomic E-state index is 0.965. The van der Waals surface area contributed by atoms with Gasteiger partial charge < -0.3 is 4.98 Å². The van der Waals surface area contributed by atoms with Crippen LogP contribution in [0.2, 0.25) is 0 Å². The minimum absolute atomic E-state index is 0.965. The Morgan fingerprint density at radius 1 is 0.762 bits per heavy atom. The maximum Gasteiger partial charge on any atom is 0.0961 e. The lowest BCUT2D eigenvalue weighted by Gasteiger charge is -2.06. The Bertz CT molecular complexity index is 889. The van der Waals surface area contributed by atoms with E-state index in [9.17, 15) is 0 Å². The molecule has 0 amide bonds. The van der Waals surface area contributed by atoms with E-state index in [1.54, 1.807) is 6.33 Å². The maximum absolute atomic E-state index is 4.49. The van der Waals surface area contributed by atoms with Crippen LogP contribution in [0, 0.1) is 0 Å². The summed E-state index contributed by atoms with van der Waals surface area (Å²) < 4.78 is 0. The summed E-state index contributed by atoms with van der Waals surface area (Å²) in [5, 5.41) is 1.13. The van der Waals surface area contributed by atoms with E-state index in [0.29, 0.717) is 0 Å². The fourth-order valence-electron chi connectivity index (χ4n) is 2.63. The molecule has 0 aliphatic carbocycles. The van der Waals surface area contributed by atoms with Crippen molar-refractivity contribution in [2.24, 2.45) is 0 Å². The smallest absolute Gasteiger partial charge is 0.0961 e. The van der Waals surface area contributed by atoms with Crippen LogP contribution in [0.15, 0.2) is 73.2 Å². The van der Waals surface area contributed by atoms with Gasteiger partial charge in [0.05, 0.1) is 23.2 Å². The summed E-state index contributed by atoms with van der Waals surface area (Å²) in [5.41, 5.74) is 5.21. The van der Waals surface area contributed by atoms with Gasteiger partial charge in [-0.25, -0.2) is 4.98 Å². The molecule has 0 saturated carbocycles. The highest BCUT2D eigenvalue weighted by Crippen LogP contribution is 2.32. The highest BCUT2D eigenvalue weighted by Gasteiger charge is 2.12. The molecule has 0 saturated heterocycles. The van der Waals surface area contributed by atoms with E-state index in [1.807, 2.05) is 48.7 Å². The van der Waals surface area contributed by atoms with Crippen LogP contribution in [0.4, 0.5) is 0 Å². The van der Waals surface area contributed by atoms with Crippen LogP contribution in [-0.4, -0.2) is 15.0 Å². The number of benzene rings is 2. The molecule has 4 rings (SSSR count). The van der Waals surface area contributed by atoms with E-state index in [4.69, 9.17) is 0 Å². The first-order valence-corrected chi connectivity index (χ1v) is 6.86. The van der Waals surface area contributed by atoms with Crippen molar-refractivity contribution in [2.75, 3.05) is 0 Å². The van der Waals surface area contributed by atoms with Crippen molar-refractivity contribution in [1.82, 2.24) is 15.0 Å². The molecule has 0 bridgehead atoms. The number of aromatic nitrogens is 3. The second-order valence-corrected chi connectivity index (χ2v) is 4.87. The first kappa shape index (κ1) is 11.9. The third kappa shape index (κ3) is 1.99. The highest BCUT2D eigenvalue weighted by atomic mass is 14.9. The first-order chi connectivity index (χ1) is 10.4. The van der Waals surface area contributed by atoms with Gasteiger partial charge in [0.1, 0.15) is 0 Å². The number of aromatic amines is 1. The van der Waals surface area contributed by atoms with Crippen molar-refractivity contribution in [3.8, 4) is 22.5 Å². The van der Waals surface area contributed by atoms with Gasteiger partial charge >= 0.3 is 0 Å². The predicted molar refractivity (Wildman–Crippen MR) is 84.8 cm³/mol. The normalized spacial score (nSPS) is 10.9. The van der Waals surface area contributed by atoms with Gasteiger partial charge in [-0.1, -0.05) is 48.5 Å². The van der Waals surface area contributed by atoms with Gasteiger partial charge in [-0.2, -0.15) is 0 Å². The standard InChI is InChI=1S/C18H13N3/c1-2-6-13(7-3-1)17-18(21-12-20-17)15-10-11-19-16-9-5-4-8-14(15)16/h1-12H,(H,20,21). The van der Waals surface area contributed by atoms with Gasteiger partial charge in [-0.3, -0.25) is 4.98 Å². The zero-order valence-electron chi connectivity index (χ0n) is 11.3. The summed E-state index contributed by atoms with van der Waals surface area (Å²) in [7, 11) is 0. The van der Waals surface area contributed by atoms with Gasteiger partial charge in [0.15, 0.2) is 0 Å². The molecule has 0 aliphatic rings. The lowest BCUT2D eigenvalue weighted by atomic mass is 10.0. The number of imidazole rings is 1. The van der Waals surface area contributed by atoms with E-state index >= 15 is 0 Å². The van der Waals surface area contributed by atoms with Crippen LogP contribution in [0.5, 0.6) is 0 Å². The van der Waals surface area contributed by atoms with Crippen molar-refractivity contribution in [3.63, 3.8) is 0 Å². The average Bonchev–Trinajstić information content (AvgIpc) is 3.04. The number of H-pyrrole nitrogens is 1. The van der Waals surface area contributed by atoms with E-state index < -0.39 is 0 Å². The molecule has 0 fully saturated rings. The molecule has 3 nitrogen and oxygen atoms in total. The molecule has 0 atom stereocenters. The number of para-hydroxylation sites is 1. The zero-order chi connectivity index (χ0) is 14.1. The largest absolute Gasteiger partial charge is 0.344 e. The van der Waals surface area contributed by atoms with Crippen LogP contribution >= 0.6 is 0 Å². The number of nitrogens with zero attached hydrogens (tertiary/aromatic N) is 2. The SMILES string of the molecule is c1ccc(-c2nc[nH]c2-c2ccnc3ccccc23)cc1. The lowest BCUT2D eigenvalue weighted by molar-refractivity contribution is 1.31. The quantitative estimate of drug-likeness (QED) is 0.591. The minimum Gasteiger partial charge on any atom is -0.344 e. The zero-order valence-corrected chi connectivity index (χ0v) is 11.3. The average molecular weight is 271 g/mol. The summed E-state index contributed by atoms with van der Waals surface area (Å²) >= 11 is 0. The number of rotatable bonds is 2. The molecule has 0 unspecified atom stereocenters. The van der Waals surface area contributed by atoms with Crippen LogP contribution in [-0.2, 0) is 0 Å². The predicted octanol–water partition coefficient (Wildman–Crippen LogP) is 4.29. The first-order valence-electron chi connectivity index (χ1n) is 6.86. The van der Waals surface area contributed by atoms with Crippen molar-refractivity contribution >= 4 is 10.9 Å². The van der Waals surface area contributed by atoms with Crippen LogP contribution in [0.25, 0.3) is 33.4 Å². The van der Waals surface area contributed by atoms with E-state index in [-0.39, 0.29) is 0 Å². The maximum atomic E-state index is 4.49. The van der Waals surface area contributed by atoms with Gasteiger partial charge in [0.2, 0.25) is 0 Å². The Kier molecular flexibility index (Phi) is 2.75. The molecule has 4 aromatic rings. The monoisotopic (exact) mass is 271 g/mol. The highest BCUT2D eigenvalue weighted by molar-refractivity contribution is 5.96. The van der Waals surface area contributed by atoms with Gasteiger partial charge in [0.25, 0.3) is 0 Å². The van der Waals surface area contributed by atoms with Crippen molar-refractivity contribution < 1.29 is 0 Å². The van der Waals surface area contributed by atoms with Crippen molar-refractivity contribution in [2.45, 2.75) is 0 Å². The molecule has 2 aromatic heterocycles. The third-order valence-corrected chi connectivity index (χ3v) is 3.60. The lowest BCUT2D eigenvalue weighted by Crippen LogP contribution is -1.87. The molecule has 1 N–H and O–H groups in total. The van der Waals surface area contributed by atoms with Crippen molar-refractivity contribution in [1.29, 1.82) is 0 Å². The number of pyridine rings is 1. The summed E-state index contributed by atoms with van der Waals surface area (Å²) in [6, 6.07) is 20.4. The molecule has 21 heavy (non-hydrogen) atoms. The Labute approximate surface area is 122 Å².